The van der Waals surface area contributed by atoms with Gasteiger partial charge < -0.3 is 15.7 Å². The molecule has 5 nitrogen and oxygen atoms in total. The van der Waals surface area contributed by atoms with Gasteiger partial charge in [-0.25, -0.2) is 4.98 Å². The van der Waals surface area contributed by atoms with E-state index in [-0.39, 0.29) is 5.56 Å². The summed E-state index contributed by atoms with van der Waals surface area (Å²) in [5, 5.41) is 10.8. The van der Waals surface area contributed by atoms with Crippen molar-refractivity contribution >= 4 is 12.0 Å². The fourth-order valence-corrected chi connectivity index (χ4v) is 2.61. The van der Waals surface area contributed by atoms with Gasteiger partial charge in [-0.3, -0.25) is 4.79 Å². The van der Waals surface area contributed by atoms with Gasteiger partial charge in [0, 0.05) is 18.7 Å². The highest BCUT2D eigenvalue weighted by Crippen LogP contribution is 2.22. The molecule has 1 aliphatic rings. The number of nitrogens with one attached hydrogen (secondary N) is 3. The Morgan fingerprint density at radius 3 is 2.80 bits per heavy atom. The topological polar surface area (TPSA) is 81.6 Å². The lowest BCUT2D eigenvalue weighted by Crippen LogP contribution is -2.24. The first-order valence-electron chi connectivity index (χ1n) is 7.54. The number of aromatic amines is 1. The fraction of sp³-hybridized carbons (Fsp3) is 0.667. The minimum Gasteiger partial charge on any atom is -0.367 e. The first-order valence-corrected chi connectivity index (χ1v) is 7.54. The molecule has 1 aromatic heterocycles. The quantitative estimate of drug-likeness (QED) is 0.699. The Morgan fingerprint density at radius 1 is 1.50 bits per heavy atom. The molecular weight excluding hydrogens is 252 g/mol. The zero-order valence-corrected chi connectivity index (χ0v) is 12.3. The van der Waals surface area contributed by atoms with Crippen molar-refractivity contribution in [1.29, 1.82) is 5.41 Å². The Balaban J connectivity index is 2.26. The van der Waals surface area contributed by atoms with E-state index in [2.05, 4.69) is 29.1 Å². The van der Waals surface area contributed by atoms with E-state index in [1.807, 2.05) is 0 Å². The van der Waals surface area contributed by atoms with E-state index in [1.54, 1.807) is 0 Å². The zero-order valence-electron chi connectivity index (χ0n) is 12.3. The van der Waals surface area contributed by atoms with Crippen LogP contribution in [0.1, 0.15) is 57.3 Å². The van der Waals surface area contributed by atoms with Crippen LogP contribution in [0.3, 0.4) is 0 Å². The lowest BCUT2D eigenvalue weighted by atomic mass is 10.0. The summed E-state index contributed by atoms with van der Waals surface area (Å²) in [5.41, 5.74) is 0.124. The second-order valence-corrected chi connectivity index (χ2v) is 5.76. The zero-order chi connectivity index (χ0) is 14.5. The van der Waals surface area contributed by atoms with Gasteiger partial charge >= 0.3 is 0 Å². The third-order valence-corrected chi connectivity index (χ3v) is 4.08. The largest absolute Gasteiger partial charge is 0.367 e. The molecule has 20 heavy (non-hydrogen) atoms. The number of hydrogen-bond acceptors (Lipinski definition) is 4. The molecule has 3 N–H and O–H groups in total. The SMILES string of the molecule is CCC(C)Cc1nc(NC2CCCC2)c(C=N)c(=O)[nH]1. The summed E-state index contributed by atoms with van der Waals surface area (Å²) in [4.78, 5) is 19.4. The predicted octanol–water partition coefficient (Wildman–Crippen LogP) is 2.71. The van der Waals surface area contributed by atoms with Crippen molar-refractivity contribution in [2.24, 2.45) is 5.92 Å². The molecule has 0 radical (unpaired) electrons. The van der Waals surface area contributed by atoms with Crippen LogP contribution in [0.4, 0.5) is 5.82 Å². The standard InChI is InChI=1S/C15H24N4O/c1-3-10(2)8-13-18-14(12(9-16)15(20)19-13)17-11-6-4-5-7-11/h9-11,16H,3-8H2,1-2H3,(H2,17,18,19,20). The third kappa shape index (κ3) is 3.46. The summed E-state index contributed by atoms with van der Waals surface area (Å²) in [6.07, 6.45) is 7.60. The van der Waals surface area contributed by atoms with Crippen LogP contribution < -0.4 is 10.9 Å². The summed E-state index contributed by atoms with van der Waals surface area (Å²) in [5.74, 6) is 1.78. The molecule has 2 rings (SSSR count). The highest BCUT2D eigenvalue weighted by Gasteiger charge is 2.18. The molecule has 0 bridgehead atoms. The number of aromatic nitrogens is 2. The minimum atomic E-state index is -0.214. The van der Waals surface area contributed by atoms with Crippen molar-refractivity contribution in [2.45, 2.75) is 58.4 Å². The molecule has 0 spiro atoms. The van der Waals surface area contributed by atoms with Gasteiger partial charge in [0.05, 0.1) is 5.56 Å². The highest BCUT2D eigenvalue weighted by molar-refractivity contribution is 5.83. The lowest BCUT2D eigenvalue weighted by molar-refractivity contribution is 0.542. The molecule has 1 unspecified atom stereocenters. The Morgan fingerprint density at radius 2 is 2.20 bits per heavy atom. The number of hydrogen-bond donors (Lipinski definition) is 3. The normalized spacial score (nSPS) is 17.1. The van der Waals surface area contributed by atoms with E-state index in [4.69, 9.17) is 5.41 Å². The van der Waals surface area contributed by atoms with Gasteiger partial charge in [0.15, 0.2) is 0 Å². The molecule has 1 atom stereocenters. The molecule has 110 valence electrons. The second-order valence-electron chi connectivity index (χ2n) is 5.76. The van der Waals surface area contributed by atoms with Gasteiger partial charge in [0.1, 0.15) is 11.6 Å². The summed E-state index contributed by atoms with van der Waals surface area (Å²) in [6, 6.07) is 0.388. The highest BCUT2D eigenvalue weighted by atomic mass is 16.1. The van der Waals surface area contributed by atoms with E-state index in [0.29, 0.717) is 23.3 Å². The second kappa shape index (κ2) is 6.68. The van der Waals surface area contributed by atoms with Gasteiger partial charge in [0.2, 0.25) is 0 Å². The van der Waals surface area contributed by atoms with Crippen molar-refractivity contribution < 1.29 is 0 Å². The van der Waals surface area contributed by atoms with Gasteiger partial charge in [-0.15, -0.1) is 0 Å². The van der Waals surface area contributed by atoms with Crippen molar-refractivity contribution in [3.8, 4) is 0 Å². The average Bonchev–Trinajstić information content (AvgIpc) is 2.91. The van der Waals surface area contributed by atoms with Crippen LogP contribution in [0.25, 0.3) is 0 Å². The maximum atomic E-state index is 12.0. The molecule has 1 aliphatic carbocycles. The van der Waals surface area contributed by atoms with E-state index in [0.717, 1.165) is 37.7 Å². The predicted molar refractivity (Wildman–Crippen MR) is 81.8 cm³/mol. The third-order valence-electron chi connectivity index (χ3n) is 4.08. The van der Waals surface area contributed by atoms with E-state index in [1.165, 1.54) is 12.8 Å². The molecule has 0 aliphatic heterocycles. The molecule has 1 aromatic rings. The van der Waals surface area contributed by atoms with E-state index < -0.39 is 0 Å². The van der Waals surface area contributed by atoms with Crippen molar-refractivity contribution in [3.05, 3.63) is 21.7 Å². The minimum absolute atomic E-state index is 0.214. The summed E-state index contributed by atoms with van der Waals surface area (Å²) in [7, 11) is 0. The van der Waals surface area contributed by atoms with Crippen LogP contribution in [0.15, 0.2) is 4.79 Å². The molecule has 1 heterocycles. The van der Waals surface area contributed by atoms with Crippen LogP contribution in [-0.2, 0) is 6.42 Å². The molecule has 0 amide bonds. The van der Waals surface area contributed by atoms with Gasteiger partial charge in [-0.05, 0) is 18.8 Å². The maximum absolute atomic E-state index is 12.0. The summed E-state index contributed by atoms with van der Waals surface area (Å²) >= 11 is 0. The molecular formula is C15H24N4O. The van der Waals surface area contributed by atoms with Crippen molar-refractivity contribution in [2.75, 3.05) is 5.32 Å². The number of anilines is 1. The maximum Gasteiger partial charge on any atom is 0.261 e. The molecule has 0 aromatic carbocycles. The Bertz CT molecular complexity index is 517. The molecule has 1 fully saturated rings. The van der Waals surface area contributed by atoms with Crippen LogP contribution in [0.5, 0.6) is 0 Å². The van der Waals surface area contributed by atoms with Gasteiger partial charge in [0.25, 0.3) is 5.56 Å². The van der Waals surface area contributed by atoms with Crippen LogP contribution in [0.2, 0.25) is 0 Å². The van der Waals surface area contributed by atoms with Crippen molar-refractivity contribution in [3.63, 3.8) is 0 Å². The van der Waals surface area contributed by atoms with E-state index in [9.17, 15) is 4.79 Å². The van der Waals surface area contributed by atoms with Crippen LogP contribution >= 0.6 is 0 Å². The summed E-state index contributed by atoms with van der Waals surface area (Å²) < 4.78 is 0. The lowest BCUT2D eigenvalue weighted by Gasteiger charge is -2.16. The van der Waals surface area contributed by atoms with Crippen molar-refractivity contribution in [1.82, 2.24) is 9.97 Å². The van der Waals surface area contributed by atoms with Gasteiger partial charge in [-0.2, -0.15) is 0 Å². The van der Waals surface area contributed by atoms with E-state index >= 15 is 0 Å². The number of H-pyrrole nitrogens is 1. The smallest absolute Gasteiger partial charge is 0.261 e. The average molecular weight is 276 g/mol. The monoisotopic (exact) mass is 276 g/mol. The van der Waals surface area contributed by atoms with Gasteiger partial charge in [-0.1, -0.05) is 33.1 Å². The van der Waals surface area contributed by atoms with Crippen LogP contribution in [-0.4, -0.2) is 22.2 Å². The molecule has 1 saturated carbocycles. The molecule has 0 saturated heterocycles. The summed E-state index contributed by atoms with van der Waals surface area (Å²) in [6.45, 7) is 4.28. The Labute approximate surface area is 119 Å². The number of rotatable bonds is 6. The Kier molecular flexibility index (Phi) is 4.93. The first kappa shape index (κ1) is 14.8. The number of nitrogens with zero attached hydrogens (tertiary/aromatic N) is 1. The van der Waals surface area contributed by atoms with Crippen LogP contribution in [0, 0.1) is 11.3 Å². The Hall–Kier alpha value is -1.65. The first-order chi connectivity index (χ1) is 9.63. The fourth-order valence-electron chi connectivity index (χ4n) is 2.61. The molecule has 5 heteroatoms.